The number of hydrogen-bond acceptors (Lipinski definition) is 11. The third-order valence-electron chi connectivity index (χ3n) is 8.71. The number of benzene rings is 3. The number of sulfonamides is 1. The SMILES string of the molecule is COC(=O)c1ccc(NS(=O)(=O)c2c(-c3ccc(C(=O)N4CCOCC4)cc3)sc(C(=O)Nc3ccc(OCCN4CCOCC4)cc3)c2C)cc1. The number of amides is 2. The molecule has 3 heterocycles. The summed E-state index contributed by atoms with van der Waals surface area (Å²) in [6, 6.07) is 19.5. The lowest BCUT2D eigenvalue weighted by Crippen LogP contribution is -2.40. The maximum atomic E-state index is 14.1. The minimum absolute atomic E-state index is 0.0732. The molecule has 4 aromatic rings. The van der Waals surface area contributed by atoms with Crippen molar-refractivity contribution >= 4 is 50.5 Å². The molecule has 2 amide bonds. The van der Waals surface area contributed by atoms with E-state index in [9.17, 15) is 22.8 Å². The Bertz CT molecular complexity index is 1990. The summed E-state index contributed by atoms with van der Waals surface area (Å²) in [6.45, 7) is 8.00. The van der Waals surface area contributed by atoms with Crippen molar-refractivity contribution in [2.75, 3.05) is 82.9 Å². The number of rotatable bonds is 12. The van der Waals surface area contributed by atoms with Gasteiger partial charge in [-0.25, -0.2) is 13.2 Å². The number of ether oxygens (including phenoxy) is 4. The number of methoxy groups -OCH3 is 1. The second-order valence-electron chi connectivity index (χ2n) is 12.2. The maximum absolute atomic E-state index is 14.1. The standard InChI is InChI=1S/C37H40N4O9S2/c1-25-32(35(42)38-29-11-13-31(14-12-29)50-24-17-40-15-20-48-21-16-40)51-33(26-3-5-27(6-4-26)36(43)41-18-22-49-23-19-41)34(25)52(45,46)39-30-9-7-28(8-10-30)37(44)47-2/h3-14,39H,15-24H2,1-2H3,(H,38,42). The summed E-state index contributed by atoms with van der Waals surface area (Å²) in [6.07, 6.45) is 0. The average Bonchev–Trinajstić information content (AvgIpc) is 3.54. The third kappa shape index (κ3) is 8.80. The summed E-state index contributed by atoms with van der Waals surface area (Å²) in [5.74, 6) is -0.513. The highest BCUT2D eigenvalue weighted by molar-refractivity contribution is 7.93. The molecule has 274 valence electrons. The van der Waals surface area contributed by atoms with Gasteiger partial charge >= 0.3 is 5.97 Å². The fraction of sp³-hybridized carbons (Fsp3) is 0.324. The van der Waals surface area contributed by atoms with E-state index < -0.39 is 21.9 Å². The molecule has 0 aliphatic carbocycles. The number of thiophene rings is 1. The van der Waals surface area contributed by atoms with Crippen LogP contribution in [0.25, 0.3) is 10.4 Å². The molecule has 0 radical (unpaired) electrons. The van der Waals surface area contributed by atoms with E-state index in [4.69, 9.17) is 18.9 Å². The minimum atomic E-state index is -4.27. The summed E-state index contributed by atoms with van der Waals surface area (Å²) >= 11 is 1.04. The van der Waals surface area contributed by atoms with Crippen molar-refractivity contribution in [3.63, 3.8) is 0 Å². The molecule has 2 saturated heterocycles. The Balaban J connectivity index is 1.24. The van der Waals surface area contributed by atoms with Crippen LogP contribution in [0, 0.1) is 6.92 Å². The lowest BCUT2D eigenvalue weighted by atomic mass is 10.1. The molecule has 0 atom stereocenters. The lowest BCUT2D eigenvalue weighted by Gasteiger charge is -2.26. The van der Waals surface area contributed by atoms with Crippen molar-refractivity contribution in [3.8, 4) is 16.2 Å². The Hall–Kier alpha value is -4.80. The van der Waals surface area contributed by atoms with Crippen LogP contribution in [0.15, 0.2) is 77.7 Å². The van der Waals surface area contributed by atoms with E-state index in [0.29, 0.717) is 60.4 Å². The Morgan fingerprint density at radius 1 is 0.808 bits per heavy atom. The van der Waals surface area contributed by atoms with Gasteiger partial charge in [-0.1, -0.05) is 12.1 Å². The number of esters is 1. The quantitative estimate of drug-likeness (QED) is 0.194. The molecule has 52 heavy (non-hydrogen) atoms. The Morgan fingerprint density at radius 2 is 1.40 bits per heavy atom. The van der Waals surface area contributed by atoms with Gasteiger partial charge in [0.2, 0.25) is 0 Å². The number of morpholine rings is 2. The van der Waals surface area contributed by atoms with Gasteiger partial charge in [-0.3, -0.25) is 19.2 Å². The first-order valence-electron chi connectivity index (χ1n) is 16.8. The first-order valence-corrected chi connectivity index (χ1v) is 19.1. The molecule has 2 aliphatic heterocycles. The van der Waals surface area contributed by atoms with Crippen molar-refractivity contribution in [2.24, 2.45) is 0 Å². The first kappa shape index (κ1) is 37.0. The molecule has 0 unspecified atom stereocenters. The third-order valence-corrected chi connectivity index (χ3v) is 11.7. The topological polar surface area (TPSA) is 153 Å². The van der Waals surface area contributed by atoms with Crippen LogP contribution in [0.5, 0.6) is 5.75 Å². The normalized spacial score (nSPS) is 15.2. The van der Waals surface area contributed by atoms with Crippen molar-refractivity contribution in [3.05, 3.63) is 94.4 Å². The van der Waals surface area contributed by atoms with E-state index in [-0.39, 0.29) is 32.5 Å². The fourth-order valence-electron chi connectivity index (χ4n) is 5.88. The first-order chi connectivity index (χ1) is 25.1. The van der Waals surface area contributed by atoms with E-state index in [1.54, 1.807) is 60.4 Å². The molecule has 2 aliphatic rings. The predicted octanol–water partition coefficient (Wildman–Crippen LogP) is 4.75. The molecule has 15 heteroatoms. The number of carbonyl (C=O) groups excluding carboxylic acids is 3. The summed E-state index contributed by atoms with van der Waals surface area (Å²) in [5, 5.41) is 2.88. The summed E-state index contributed by atoms with van der Waals surface area (Å²) in [5.41, 5.74) is 2.22. The Kier molecular flexibility index (Phi) is 11.9. The van der Waals surface area contributed by atoms with Crippen LogP contribution in [-0.4, -0.2) is 109 Å². The van der Waals surface area contributed by atoms with Gasteiger partial charge in [-0.2, -0.15) is 0 Å². The van der Waals surface area contributed by atoms with Gasteiger partial charge in [0, 0.05) is 49.7 Å². The van der Waals surface area contributed by atoms with Gasteiger partial charge in [0.15, 0.2) is 0 Å². The molecule has 2 N–H and O–H groups in total. The Morgan fingerprint density at radius 3 is 2.04 bits per heavy atom. The maximum Gasteiger partial charge on any atom is 0.337 e. The molecule has 0 bridgehead atoms. The van der Waals surface area contributed by atoms with Crippen molar-refractivity contribution in [2.45, 2.75) is 11.8 Å². The zero-order valence-corrected chi connectivity index (χ0v) is 30.5. The fourth-order valence-corrected chi connectivity index (χ4v) is 8.92. The van der Waals surface area contributed by atoms with Gasteiger partial charge in [0.25, 0.3) is 21.8 Å². The van der Waals surface area contributed by atoms with Crippen LogP contribution in [0.1, 0.15) is 36.0 Å². The molecule has 0 spiro atoms. The van der Waals surface area contributed by atoms with Crippen LogP contribution >= 0.6 is 11.3 Å². The molecule has 2 fully saturated rings. The second kappa shape index (κ2) is 16.7. The van der Waals surface area contributed by atoms with Gasteiger partial charge in [0.1, 0.15) is 17.3 Å². The number of carbonyl (C=O) groups is 3. The predicted molar refractivity (Wildman–Crippen MR) is 197 cm³/mol. The monoisotopic (exact) mass is 748 g/mol. The average molecular weight is 749 g/mol. The van der Waals surface area contributed by atoms with Gasteiger partial charge in [-0.15, -0.1) is 11.3 Å². The molecular weight excluding hydrogens is 709 g/mol. The molecule has 6 rings (SSSR count). The number of anilines is 2. The van der Waals surface area contributed by atoms with E-state index in [2.05, 4.69) is 14.9 Å². The molecule has 0 saturated carbocycles. The van der Waals surface area contributed by atoms with Gasteiger partial charge < -0.3 is 29.2 Å². The van der Waals surface area contributed by atoms with E-state index >= 15 is 0 Å². The van der Waals surface area contributed by atoms with Crippen LogP contribution in [-0.2, 0) is 24.2 Å². The smallest absolute Gasteiger partial charge is 0.337 e. The van der Waals surface area contributed by atoms with Crippen molar-refractivity contribution in [1.82, 2.24) is 9.80 Å². The van der Waals surface area contributed by atoms with E-state index in [1.165, 1.54) is 31.4 Å². The van der Waals surface area contributed by atoms with Crippen LogP contribution in [0.4, 0.5) is 11.4 Å². The largest absolute Gasteiger partial charge is 0.492 e. The van der Waals surface area contributed by atoms with Gasteiger partial charge in [0.05, 0.1) is 48.9 Å². The highest BCUT2D eigenvalue weighted by atomic mass is 32.2. The van der Waals surface area contributed by atoms with E-state index in [0.717, 1.165) is 44.2 Å². The summed E-state index contributed by atoms with van der Waals surface area (Å²) < 4.78 is 52.1. The minimum Gasteiger partial charge on any atom is -0.492 e. The highest BCUT2D eigenvalue weighted by Gasteiger charge is 2.30. The van der Waals surface area contributed by atoms with Crippen LogP contribution < -0.4 is 14.8 Å². The zero-order chi connectivity index (χ0) is 36.7. The van der Waals surface area contributed by atoms with Gasteiger partial charge in [-0.05, 0) is 78.7 Å². The number of nitrogens with zero attached hydrogens (tertiary/aromatic N) is 2. The van der Waals surface area contributed by atoms with Crippen molar-refractivity contribution in [1.29, 1.82) is 0 Å². The second-order valence-corrected chi connectivity index (χ2v) is 14.8. The molecule has 13 nitrogen and oxygen atoms in total. The number of hydrogen-bond donors (Lipinski definition) is 2. The lowest BCUT2D eigenvalue weighted by molar-refractivity contribution is 0.0303. The summed E-state index contributed by atoms with van der Waals surface area (Å²) in [4.78, 5) is 43.2. The van der Waals surface area contributed by atoms with Crippen molar-refractivity contribution < 1.29 is 41.7 Å². The molecule has 3 aromatic carbocycles. The van der Waals surface area contributed by atoms with E-state index in [1.807, 2.05) is 0 Å². The van der Waals surface area contributed by atoms with Crippen LogP contribution in [0.3, 0.4) is 0 Å². The molecular formula is C37H40N4O9S2. The number of nitrogens with one attached hydrogen (secondary N) is 2. The summed E-state index contributed by atoms with van der Waals surface area (Å²) in [7, 11) is -3.00. The van der Waals surface area contributed by atoms with Crippen LogP contribution in [0.2, 0.25) is 0 Å². The zero-order valence-electron chi connectivity index (χ0n) is 28.9. The highest BCUT2D eigenvalue weighted by Crippen LogP contribution is 2.41. The molecule has 1 aromatic heterocycles. The Labute approximate surface area is 306 Å².